The zero-order valence-electron chi connectivity index (χ0n) is 11.4. The minimum Gasteiger partial charge on any atom is -0.384 e. The average molecular weight is 302 g/mol. The maximum atomic E-state index is 12.5. The lowest BCUT2D eigenvalue weighted by Gasteiger charge is -2.11. The minimum atomic E-state index is -3.76. The van der Waals surface area contributed by atoms with Crippen molar-refractivity contribution in [3.8, 4) is 11.8 Å². The van der Waals surface area contributed by atoms with E-state index < -0.39 is 10.0 Å². The van der Waals surface area contributed by atoms with Crippen molar-refractivity contribution in [1.29, 1.82) is 0 Å². The summed E-state index contributed by atoms with van der Waals surface area (Å²) in [5.74, 6) is 5.09. The van der Waals surface area contributed by atoms with E-state index in [9.17, 15) is 8.42 Å². The smallest absolute Gasteiger partial charge is 0.263 e. The molecule has 2 aromatic rings. The van der Waals surface area contributed by atoms with E-state index in [1.807, 2.05) is 0 Å². The van der Waals surface area contributed by atoms with Gasteiger partial charge in [-0.2, -0.15) is 0 Å². The molecule has 0 saturated carbocycles. The Morgan fingerprint density at radius 1 is 1.29 bits per heavy atom. The van der Waals surface area contributed by atoms with Crippen LogP contribution in [0.1, 0.15) is 11.1 Å². The fourth-order valence-corrected chi connectivity index (χ4v) is 3.02. The van der Waals surface area contributed by atoms with Crippen molar-refractivity contribution in [2.24, 2.45) is 0 Å². The summed E-state index contributed by atoms with van der Waals surface area (Å²) in [6, 6.07) is 7.97. The van der Waals surface area contributed by atoms with Gasteiger partial charge in [-0.25, -0.2) is 8.42 Å². The van der Waals surface area contributed by atoms with Crippen LogP contribution in [0.4, 0.5) is 5.69 Å². The number of aryl methyl sites for hydroxylation is 1. The normalized spacial score (nSPS) is 10.6. The maximum absolute atomic E-state index is 12.5. The molecule has 1 heterocycles. The molecule has 2 N–H and O–H groups in total. The molecule has 0 aliphatic rings. The molecular formula is C15H14N2O3S. The van der Waals surface area contributed by atoms with Crippen LogP contribution in [0.5, 0.6) is 0 Å². The Balaban J connectivity index is 2.43. The van der Waals surface area contributed by atoms with E-state index in [0.717, 1.165) is 5.56 Å². The van der Waals surface area contributed by atoms with Crippen molar-refractivity contribution in [1.82, 2.24) is 4.98 Å². The highest BCUT2D eigenvalue weighted by Gasteiger charge is 2.18. The third-order valence-corrected chi connectivity index (χ3v) is 4.17. The Morgan fingerprint density at radius 3 is 2.76 bits per heavy atom. The average Bonchev–Trinajstić information content (AvgIpc) is 2.47. The van der Waals surface area contributed by atoms with Crippen molar-refractivity contribution in [2.75, 3.05) is 11.3 Å². The van der Waals surface area contributed by atoms with Gasteiger partial charge in [0.05, 0.1) is 5.69 Å². The fraction of sp³-hybridized carbons (Fsp3) is 0.133. The van der Waals surface area contributed by atoms with E-state index in [-0.39, 0.29) is 11.5 Å². The number of sulfonamides is 1. The molecule has 0 unspecified atom stereocenters. The van der Waals surface area contributed by atoms with Crippen molar-refractivity contribution in [3.63, 3.8) is 0 Å². The van der Waals surface area contributed by atoms with Gasteiger partial charge in [0.2, 0.25) is 0 Å². The van der Waals surface area contributed by atoms with Gasteiger partial charge in [-0.05, 0) is 30.7 Å². The van der Waals surface area contributed by atoms with Crippen molar-refractivity contribution >= 4 is 15.7 Å². The standard InChI is InChI=1S/C15H14N2O3S/c1-12-11-16-9-8-14(12)17-21(19,20)15-7-3-2-5-13(15)6-4-10-18/h2-3,5,7-9,11,18H,10H2,1H3,(H,16,17). The van der Waals surface area contributed by atoms with Crippen LogP contribution in [-0.4, -0.2) is 25.1 Å². The maximum Gasteiger partial charge on any atom is 0.263 e. The first-order chi connectivity index (χ1) is 10.0. The quantitative estimate of drug-likeness (QED) is 0.843. The van der Waals surface area contributed by atoms with Gasteiger partial charge in [-0.3, -0.25) is 9.71 Å². The highest BCUT2D eigenvalue weighted by molar-refractivity contribution is 7.92. The van der Waals surface area contributed by atoms with Crippen LogP contribution in [0.3, 0.4) is 0 Å². The Labute approximate surface area is 123 Å². The summed E-state index contributed by atoms with van der Waals surface area (Å²) in [6.07, 6.45) is 3.09. The molecule has 6 heteroatoms. The zero-order chi connectivity index (χ0) is 15.3. The summed E-state index contributed by atoms with van der Waals surface area (Å²) in [5.41, 5.74) is 1.53. The summed E-state index contributed by atoms with van der Waals surface area (Å²) in [4.78, 5) is 3.99. The lowest BCUT2D eigenvalue weighted by atomic mass is 10.2. The van der Waals surface area contributed by atoms with E-state index in [2.05, 4.69) is 21.5 Å². The minimum absolute atomic E-state index is 0.0714. The van der Waals surface area contributed by atoms with E-state index >= 15 is 0 Å². The number of hydrogen-bond donors (Lipinski definition) is 2. The first-order valence-corrected chi connectivity index (χ1v) is 7.65. The van der Waals surface area contributed by atoms with Crippen LogP contribution < -0.4 is 4.72 Å². The van der Waals surface area contributed by atoms with Crippen LogP contribution in [-0.2, 0) is 10.0 Å². The second-order valence-electron chi connectivity index (χ2n) is 4.25. The molecule has 5 nitrogen and oxygen atoms in total. The van der Waals surface area contributed by atoms with E-state index in [4.69, 9.17) is 5.11 Å². The van der Waals surface area contributed by atoms with Crippen LogP contribution >= 0.6 is 0 Å². The molecule has 0 spiro atoms. The Morgan fingerprint density at radius 2 is 2.05 bits per heavy atom. The summed E-state index contributed by atoms with van der Waals surface area (Å²) < 4.78 is 27.5. The number of rotatable bonds is 3. The number of nitrogens with zero attached hydrogens (tertiary/aromatic N) is 1. The van der Waals surface area contributed by atoms with Gasteiger partial charge in [-0.1, -0.05) is 24.0 Å². The number of nitrogens with one attached hydrogen (secondary N) is 1. The van der Waals surface area contributed by atoms with Crippen LogP contribution in [0.25, 0.3) is 0 Å². The topological polar surface area (TPSA) is 79.3 Å². The summed E-state index contributed by atoms with van der Waals surface area (Å²) in [6.45, 7) is 1.44. The lowest BCUT2D eigenvalue weighted by Crippen LogP contribution is -2.15. The first-order valence-electron chi connectivity index (χ1n) is 6.17. The van der Waals surface area contributed by atoms with Gasteiger partial charge in [0, 0.05) is 18.0 Å². The monoisotopic (exact) mass is 302 g/mol. The predicted molar refractivity (Wildman–Crippen MR) is 80.2 cm³/mol. The number of hydrogen-bond acceptors (Lipinski definition) is 4. The van der Waals surface area contributed by atoms with Crippen LogP contribution in [0.2, 0.25) is 0 Å². The Hall–Kier alpha value is -2.36. The van der Waals surface area contributed by atoms with Gasteiger partial charge in [0.15, 0.2) is 0 Å². The van der Waals surface area contributed by atoms with Crippen LogP contribution in [0.15, 0.2) is 47.6 Å². The third-order valence-electron chi connectivity index (χ3n) is 2.74. The second kappa shape index (κ2) is 6.39. The lowest BCUT2D eigenvalue weighted by molar-refractivity contribution is 0.350. The summed E-state index contributed by atoms with van der Waals surface area (Å²) in [7, 11) is -3.76. The van der Waals surface area contributed by atoms with Gasteiger partial charge >= 0.3 is 0 Å². The van der Waals surface area contributed by atoms with Gasteiger partial charge in [-0.15, -0.1) is 0 Å². The molecule has 0 bridgehead atoms. The molecule has 21 heavy (non-hydrogen) atoms. The number of pyridine rings is 1. The first kappa shape index (κ1) is 15.0. The van der Waals surface area contributed by atoms with Crippen molar-refractivity contribution in [3.05, 3.63) is 53.9 Å². The van der Waals surface area contributed by atoms with Gasteiger partial charge < -0.3 is 5.11 Å². The van der Waals surface area contributed by atoms with Gasteiger partial charge in [0.1, 0.15) is 11.5 Å². The fourth-order valence-electron chi connectivity index (χ4n) is 1.73. The molecule has 0 aliphatic carbocycles. The highest BCUT2D eigenvalue weighted by atomic mass is 32.2. The summed E-state index contributed by atoms with van der Waals surface area (Å²) in [5, 5.41) is 8.75. The third kappa shape index (κ3) is 3.60. The SMILES string of the molecule is Cc1cnccc1NS(=O)(=O)c1ccccc1C#CCO. The summed E-state index contributed by atoms with van der Waals surface area (Å²) >= 11 is 0. The molecule has 0 atom stereocenters. The largest absolute Gasteiger partial charge is 0.384 e. The number of benzene rings is 1. The molecular weight excluding hydrogens is 288 g/mol. The predicted octanol–water partition coefficient (Wildman–Crippen LogP) is 1.53. The molecule has 0 saturated heterocycles. The molecule has 0 aliphatic heterocycles. The molecule has 0 radical (unpaired) electrons. The zero-order valence-corrected chi connectivity index (χ0v) is 12.2. The Kier molecular flexibility index (Phi) is 4.58. The van der Waals surface area contributed by atoms with E-state index in [0.29, 0.717) is 11.3 Å². The Bertz CT molecular complexity index is 805. The molecule has 1 aromatic carbocycles. The van der Waals surface area contributed by atoms with Crippen LogP contribution in [0, 0.1) is 18.8 Å². The molecule has 0 amide bonds. The number of aliphatic hydroxyl groups excluding tert-OH is 1. The number of aromatic nitrogens is 1. The molecule has 2 rings (SSSR count). The number of anilines is 1. The van der Waals surface area contributed by atoms with E-state index in [1.54, 1.807) is 37.4 Å². The van der Waals surface area contributed by atoms with Crippen molar-refractivity contribution < 1.29 is 13.5 Å². The highest BCUT2D eigenvalue weighted by Crippen LogP contribution is 2.20. The van der Waals surface area contributed by atoms with Crippen molar-refractivity contribution in [2.45, 2.75) is 11.8 Å². The molecule has 108 valence electrons. The number of aliphatic hydroxyl groups is 1. The molecule has 1 aromatic heterocycles. The van der Waals surface area contributed by atoms with E-state index in [1.165, 1.54) is 12.3 Å². The second-order valence-corrected chi connectivity index (χ2v) is 5.90. The van der Waals surface area contributed by atoms with Gasteiger partial charge in [0.25, 0.3) is 10.0 Å². The molecule has 0 fully saturated rings.